The molecule has 1 N–H and O–H groups in total. The van der Waals surface area contributed by atoms with Crippen molar-refractivity contribution >= 4 is 11.3 Å². The summed E-state index contributed by atoms with van der Waals surface area (Å²) in [5, 5.41) is 11.0. The van der Waals surface area contributed by atoms with Gasteiger partial charge in [0.2, 0.25) is 0 Å². The highest BCUT2D eigenvalue weighted by atomic mass is 32.1. The second-order valence-electron chi connectivity index (χ2n) is 5.02. The number of aromatic nitrogens is 1. The second-order valence-corrected chi connectivity index (χ2v) is 6.14. The van der Waals surface area contributed by atoms with Gasteiger partial charge in [-0.15, -0.1) is 11.3 Å². The third-order valence-corrected chi connectivity index (χ3v) is 5.04. The third kappa shape index (κ3) is 2.32. The van der Waals surface area contributed by atoms with Gasteiger partial charge in [-0.1, -0.05) is 6.92 Å². The van der Waals surface area contributed by atoms with Crippen molar-refractivity contribution < 1.29 is 9.84 Å². The Balaban J connectivity index is 1.80. The Hall–Kier alpha value is -0.490. The van der Waals surface area contributed by atoms with E-state index >= 15 is 0 Å². The summed E-state index contributed by atoms with van der Waals surface area (Å²) in [6, 6.07) is 0. The summed E-state index contributed by atoms with van der Waals surface area (Å²) in [7, 11) is 0. The molecule has 18 heavy (non-hydrogen) atoms. The Morgan fingerprint density at radius 3 is 3.22 bits per heavy atom. The molecule has 1 aromatic heterocycles. The van der Waals surface area contributed by atoms with Gasteiger partial charge in [0.25, 0.3) is 0 Å². The number of likely N-dealkylation sites (N-methyl/N-ethyl adjacent to an activating group) is 1. The van der Waals surface area contributed by atoms with Crippen LogP contribution in [0.3, 0.4) is 0 Å². The van der Waals surface area contributed by atoms with Gasteiger partial charge in [-0.25, -0.2) is 4.98 Å². The standard InChI is InChI=1S/C13H20N2O2S/c1-2-15-6-7-17-10(8-15)13-14-12-9(16)4-3-5-11(12)18-13/h9-10,16H,2-8H2,1H3. The van der Waals surface area contributed by atoms with Gasteiger partial charge in [0, 0.05) is 18.0 Å². The molecule has 0 amide bonds. The Bertz CT molecular complexity index is 421. The monoisotopic (exact) mass is 268 g/mol. The number of aryl methyl sites for hydroxylation is 1. The number of thiazole rings is 1. The van der Waals surface area contributed by atoms with Crippen LogP contribution in [0.2, 0.25) is 0 Å². The Morgan fingerprint density at radius 2 is 2.44 bits per heavy atom. The maximum Gasteiger partial charge on any atom is 0.123 e. The molecule has 0 saturated carbocycles. The topological polar surface area (TPSA) is 45.6 Å². The first-order valence-electron chi connectivity index (χ1n) is 6.79. The van der Waals surface area contributed by atoms with E-state index in [1.165, 1.54) is 4.88 Å². The van der Waals surface area contributed by atoms with Gasteiger partial charge in [0.1, 0.15) is 11.1 Å². The van der Waals surface area contributed by atoms with Gasteiger partial charge in [0.05, 0.1) is 18.4 Å². The molecule has 2 atom stereocenters. The number of ether oxygens (including phenoxy) is 1. The maximum absolute atomic E-state index is 9.96. The van der Waals surface area contributed by atoms with E-state index in [1.54, 1.807) is 11.3 Å². The van der Waals surface area contributed by atoms with E-state index in [4.69, 9.17) is 4.74 Å². The van der Waals surface area contributed by atoms with E-state index in [-0.39, 0.29) is 12.2 Å². The van der Waals surface area contributed by atoms with Crippen LogP contribution < -0.4 is 0 Å². The number of morpholine rings is 1. The van der Waals surface area contributed by atoms with E-state index in [1.807, 2.05) is 0 Å². The summed E-state index contributed by atoms with van der Waals surface area (Å²) >= 11 is 1.74. The first-order chi connectivity index (χ1) is 8.78. The average molecular weight is 268 g/mol. The minimum absolute atomic E-state index is 0.0986. The fourth-order valence-corrected chi connectivity index (χ4v) is 3.89. The van der Waals surface area contributed by atoms with Crippen molar-refractivity contribution in [1.82, 2.24) is 9.88 Å². The molecule has 0 bridgehead atoms. The lowest BCUT2D eigenvalue weighted by molar-refractivity contribution is -0.0284. The van der Waals surface area contributed by atoms with Crippen molar-refractivity contribution in [3.8, 4) is 0 Å². The molecule has 0 radical (unpaired) electrons. The summed E-state index contributed by atoms with van der Waals surface area (Å²) in [6.07, 6.45) is 2.73. The highest BCUT2D eigenvalue weighted by Gasteiger charge is 2.28. The number of fused-ring (bicyclic) bond motifs is 1. The summed E-state index contributed by atoms with van der Waals surface area (Å²) in [5.74, 6) is 0. The summed E-state index contributed by atoms with van der Waals surface area (Å²) < 4.78 is 5.83. The van der Waals surface area contributed by atoms with Crippen molar-refractivity contribution in [2.24, 2.45) is 0 Å². The minimum atomic E-state index is -0.357. The molecule has 100 valence electrons. The van der Waals surface area contributed by atoms with Crippen LogP contribution in [0.1, 0.15) is 47.6 Å². The lowest BCUT2D eigenvalue weighted by Crippen LogP contribution is -2.38. The molecule has 1 fully saturated rings. The normalized spacial score (nSPS) is 29.2. The van der Waals surface area contributed by atoms with E-state index < -0.39 is 0 Å². The zero-order valence-electron chi connectivity index (χ0n) is 10.8. The predicted molar refractivity (Wildman–Crippen MR) is 70.8 cm³/mol. The molecule has 1 aliphatic carbocycles. The molecule has 4 nitrogen and oxygen atoms in total. The van der Waals surface area contributed by atoms with E-state index in [9.17, 15) is 5.11 Å². The minimum Gasteiger partial charge on any atom is -0.387 e. The van der Waals surface area contributed by atoms with Crippen molar-refractivity contribution in [3.05, 3.63) is 15.6 Å². The van der Waals surface area contributed by atoms with E-state index in [2.05, 4.69) is 16.8 Å². The summed E-state index contributed by atoms with van der Waals surface area (Å²) in [5.41, 5.74) is 0.915. The molecule has 2 unspecified atom stereocenters. The van der Waals surface area contributed by atoms with Crippen LogP contribution in [0.5, 0.6) is 0 Å². The number of nitrogens with zero attached hydrogens (tertiary/aromatic N) is 2. The highest BCUT2D eigenvalue weighted by Crippen LogP contribution is 2.36. The van der Waals surface area contributed by atoms with Crippen LogP contribution in [0.4, 0.5) is 0 Å². The number of rotatable bonds is 2. The lowest BCUT2D eigenvalue weighted by atomic mass is 10.0. The van der Waals surface area contributed by atoms with Crippen LogP contribution in [0.15, 0.2) is 0 Å². The average Bonchev–Trinajstić information content (AvgIpc) is 2.84. The molecule has 0 spiro atoms. The smallest absolute Gasteiger partial charge is 0.123 e. The van der Waals surface area contributed by atoms with Crippen molar-refractivity contribution in [1.29, 1.82) is 0 Å². The van der Waals surface area contributed by atoms with Crippen molar-refractivity contribution in [2.45, 2.75) is 38.4 Å². The second kappa shape index (κ2) is 5.25. The first kappa shape index (κ1) is 12.5. The Morgan fingerprint density at radius 1 is 1.56 bits per heavy atom. The van der Waals surface area contributed by atoms with Crippen LogP contribution in [0, 0.1) is 0 Å². The van der Waals surface area contributed by atoms with Crippen molar-refractivity contribution in [3.63, 3.8) is 0 Å². The molecule has 1 saturated heterocycles. The van der Waals surface area contributed by atoms with Gasteiger partial charge in [-0.05, 0) is 25.8 Å². The van der Waals surface area contributed by atoms with E-state index in [0.717, 1.165) is 56.2 Å². The molecular formula is C13H20N2O2S. The zero-order valence-corrected chi connectivity index (χ0v) is 11.6. The van der Waals surface area contributed by atoms with Gasteiger partial charge in [-0.3, -0.25) is 4.90 Å². The fourth-order valence-electron chi connectivity index (χ4n) is 2.69. The van der Waals surface area contributed by atoms with Crippen molar-refractivity contribution in [2.75, 3.05) is 26.2 Å². The van der Waals surface area contributed by atoms with Gasteiger partial charge >= 0.3 is 0 Å². The molecule has 1 aromatic rings. The summed E-state index contributed by atoms with van der Waals surface area (Å²) in [4.78, 5) is 8.30. The van der Waals surface area contributed by atoms with Gasteiger partial charge < -0.3 is 9.84 Å². The molecule has 5 heteroatoms. The number of hydrogen-bond acceptors (Lipinski definition) is 5. The maximum atomic E-state index is 9.96. The molecule has 1 aliphatic heterocycles. The molecule has 2 aliphatic rings. The fraction of sp³-hybridized carbons (Fsp3) is 0.769. The van der Waals surface area contributed by atoms with Gasteiger partial charge in [-0.2, -0.15) is 0 Å². The van der Waals surface area contributed by atoms with E-state index in [0.29, 0.717) is 0 Å². The lowest BCUT2D eigenvalue weighted by Gasteiger charge is -2.30. The highest BCUT2D eigenvalue weighted by molar-refractivity contribution is 7.11. The SMILES string of the molecule is CCN1CCOC(c2nc3c(s2)CCCC3O)C1. The molecule has 0 aromatic carbocycles. The Labute approximate surface area is 112 Å². The number of hydrogen-bond donors (Lipinski definition) is 1. The molecule has 2 heterocycles. The largest absolute Gasteiger partial charge is 0.387 e. The molecular weight excluding hydrogens is 248 g/mol. The predicted octanol–water partition coefficient (Wildman–Crippen LogP) is 1.91. The quantitative estimate of drug-likeness (QED) is 0.890. The van der Waals surface area contributed by atoms with Crippen LogP contribution in [-0.4, -0.2) is 41.2 Å². The van der Waals surface area contributed by atoms with Gasteiger partial charge in [0.15, 0.2) is 0 Å². The van der Waals surface area contributed by atoms with Crippen LogP contribution in [0.25, 0.3) is 0 Å². The number of aliphatic hydroxyl groups excluding tert-OH is 1. The Kier molecular flexibility index (Phi) is 3.66. The zero-order chi connectivity index (χ0) is 12.5. The first-order valence-corrected chi connectivity index (χ1v) is 7.61. The number of aliphatic hydroxyl groups is 1. The van der Waals surface area contributed by atoms with Crippen LogP contribution >= 0.6 is 11.3 Å². The summed E-state index contributed by atoms with van der Waals surface area (Å²) in [6.45, 7) is 5.97. The third-order valence-electron chi connectivity index (χ3n) is 3.81. The molecule has 3 rings (SSSR count). The van der Waals surface area contributed by atoms with Crippen LogP contribution in [-0.2, 0) is 11.2 Å².